The summed E-state index contributed by atoms with van der Waals surface area (Å²) in [5.41, 5.74) is 8.85. The first-order valence-electron chi connectivity index (χ1n) is 8.18. The van der Waals surface area contributed by atoms with Crippen LogP contribution in [0.3, 0.4) is 0 Å². The Hall–Kier alpha value is -2.60. The minimum Gasteiger partial charge on any atom is -0.387 e. The number of aryl methyl sites for hydroxylation is 1. The molecule has 0 saturated heterocycles. The van der Waals surface area contributed by atoms with Crippen LogP contribution >= 0.6 is 11.6 Å². The molecular formula is C19H21ClFN5. The molecule has 0 spiro atoms. The summed E-state index contributed by atoms with van der Waals surface area (Å²) in [6, 6.07) is 8.26. The van der Waals surface area contributed by atoms with Crippen molar-refractivity contribution in [2.75, 3.05) is 6.54 Å². The molecule has 0 aliphatic carbocycles. The number of aliphatic imine (C=N–C) groups is 1. The lowest BCUT2D eigenvalue weighted by Crippen LogP contribution is -2.27. The number of hydrogen-bond donors (Lipinski definition) is 3. The predicted molar refractivity (Wildman–Crippen MR) is 105 cm³/mol. The van der Waals surface area contributed by atoms with E-state index in [4.69, 9.17) is 28.2 Å². The molecule has 5 nitrogen and oxygen atoms in total. The van der Waals surface area contributed by atoms with Crippen LogP contribution in [-0.4, -0.2) is 29.3 Å². The number of nitrogens with one attached hydrogen (secondary N) is 2. The molecule has 0 bridgehead atoms. The lowest BCUT2D eigenvalue weighted by Gasteiger charge is -2.14. The van der Waals surface area contributed by atoms with Crippen LogP contribution in [0.5, 0.6) is 0 Å². The largest absolute Gasteiger partial charge is 0.387 e. The molecule has 1 atom stereocenters. The molecule has 0 fully saturated rings. The van der Waals surface area contributed by atoms with Gasteiger partial charge in [0.05, 0.1) is 10.9 Å². The van der Waals surface area contributed by atoms with Crippen molar-refractivity contribution in [1.82, 2.24) is 4.98 Å². The highest BCUT2D eigenvalue weighted by atomic mass is 35.5. The van der Waals surface area contributed by atoms with Gasteiger partial charge in [-0.05, 0) is 37.6 Å². The minimum absolute atomic E-state index is 0.245. The first-order chi connectivity index (χ1) is 12.4. The summed E-state index contributed by atoms with van der Waals surface area (Å²) < 4.78 is 13.2. The maximum Gasteiger partial charge on any atom is 0.213 e. The van der Waals surface area contributed by atoms with Gasteiger partial charge in [-0.1, -0.05) is 23.7 Å². The molecule has 1 unspecified atom stereocenters. The van der Waals surface area contributed by atoms with E-state index in [1.807, 2.05) is 13.0 Å². The Morgan fingerprint density at radius 1 is 1.38 bits per heavy atom. The Labute approximate surface area is 157 Å². The van der Waals surface area contributed by atoms with Gasteiger partial charge < -0.3 is 16.6 Å². The Morgan fingerprint density at radius 3 is 2.69 bits per heavy atom. The SMILES string of the molecule is CCN=C(N)C(C=N)CC(=N)c1ccc(-c2ccc(F)nc2C)cc1Cl. The van der Waals surface area contributed by atoms with Crippen molar-refractivity contribution in [1.29, 1.82) is 10.8 Å². The van der Waals surface area contributed by atoms with E-state index in [-0.39, 0.29) is 12.1 Å². The number of rotatable bonds is 7. The van der Waals surface area contributed by atoms with Crippen molar-refractivity contribution in [3.05, 3.63) is 52.6 Å². The van der Waals surface area contributed by atoms with Crippen molar-refractivity contribution in [2.45, 2.75) is 20.3 Å². The van der Waals surface area contributed by atoms with E-state index in [9.17, 15) is 4.39 Å². The first kappa shape index (κ1) is 19.7. The molecule has 7 heteroatoms. The zero-order chi connectivity index (χ0) is 19.3. The Kier molecular flexibility index (Phi) is 6.58. The van der Waals surface area contributed by atoms with Gasteiger partial charge in [-0.15, -0.1) is 0 Å². The zero-order valence-corrected chi connectivity index (χ0v) is 15.4. The van der Waals surface area contributed by atoms with E-state index < -0.39 is 11.9 Å². The van der Waals surface area contributed by atoms with Gasteiger partial charge in [0.2, 0.25) is 5.95 Å². The lowest BCUT2D eigenvalue weighted by molar-refractivity contribution is 0.580. The van der Waals surface area contributed by atoms with Crippen molar-refractivity contribution < 1.29 is 4.39 Å². The molecule has 26 heavy (non-hydrogen) atoms. The molecule has 2 aromatic rings. The highest BCUT2D eigenvalue weighted by molar-refractivity contribution is 6.34. The fraction of sp³-hybridized carbons (Fsp3) is 0.263. The van der Waals surface area contributed by atoms with E-state index >= 15 is 0 Å². The Morgan fingerprint density at radius 2 is 2.12 bits per heavy atom. The average molecular weight is 374 g/mol. The van der Waals surface area contributed by atoms with Crippen molar-refractivity contribution in [3.63, 3.8) is 0 Å². The molecule has 1 heterocycles. The molecule has 0 amide bonds. The van der Waals surface area contributed by atoms with E-state index in [1.165, 1.54) is 12.3 Å². The molecular weight excluding hydrogens is 353 g/mol. The fourth-order valence-corrected chi connectivity index (χ4v) is 2.94. The number of amidine groups is 1. The lowest BCUT2D eigenvalue weighted by atomic mass is 9.95. The molecule has 0 saturated carbocycles. The molecule has 0 aliphatic rings. The third-order valence-corrected chi connectivity index (χ3v) is 4.32. The number of hydrogen-bond acceptors (Lipinski definition) is 4. The topological polar surface area (TPSA) is 99.0 Å². The third kappa shape index (κ3) is 4.52. The summed E-state index contributed by atoms with van der Waals surface area (Å²) in [4.78, 5) is 7.93. The second kappa shape index (κ2) is 8.67. The van der Waals surface area contributed by atoms with E-state index in [2.05, 4.69) is 9.98 Å². The maximum atomic E-state index is 13.2. The zero-order valence-electron chi connectivity index (χ0n) is 14.7. The number of nitrogens with zero attached hydrogens (tertiary/aromatic N) is 2. The van der Waals surface area contributed by atoms with Crippen LogP contribution in [-0.2, 0) is 0 Å². The second-order valence-corrected chi connectivity index (χ2v) is 6.22. The van der Waals surface area contributed by atoms with Crippen LogP contribution in [0.25, 0.3) is 11.1 Å². The number of halogens is 2. The Balaban J connectivity index is 2.27. The number of pyridine rings is 1. The molecule has 2 rings (SSSR count). The van der Waals surface area contributed by atoms with Gasteiger partial charge >= 0.3 is 0 Å². The number of nitrogens with two attached hydrogens (primary N) is 1. The summed E-state index contributed by atoms with van der Waals surface area (Å²) in [5, 5.41) is 16.2. The normalized spacial score (nSPS) is 12.7. The molecule has 1 aromatic heterocycles. The van der Waals surface area contributed by atoms with Gasteiger partial charge in [0, 0.05) is 41.7 Å². The summed E-state index contributed by atoms with van der Waals surface area (Å²) in [6.07, 6.45) is 1.44. The smallest absolute Gasteiger partial charge is 0.213 e. The predicted octanol–water partition coefficient (Wildman–Crippen LogP) is 4.25. The first-order valence-corrected chi connectivity index (χ1v) is 8.56. The van der Waals surface area contributed by atoms with Crippen LogP contribution in [0.1, 0.15) is 24.6 Å². The van der Waals surface area contributed by atoms with Gasteiger partial charge in [0.25, 0.3) is 0 Å². The van der Waals surface area contributed by atoms with Crippen LogP contribution in [0.15, 0.2) is 35.3 Å². The third-order valence-electron chi connectivity index (χ3n) is 4.00. The van der Waals surface area contributed by atoms with Crippen molar-refractivity contribution in [3.8, 4) is 11.1 Å². The van der Waals surface area contributed by atoms with E-state index in [1.54, 1.807) is 25.1 Å². The van der Waals surface area contributed by atoms with Gasteiger partial charge in [0.1, 0.15) is 5.84 Å². The number of benzene rings is 1. The van der Waals surface area contributed by atoms with Gasteiger partial charge in [-0.2, -0.15) is 4.39 Å². The molecule has 0 aliphatic heterocycles. The summed E-state index contributed by atoms with van der Waals surface area (Å²) >= 11 is 6.37. The standard InChI is InChI=1S/C19H21ClFN5/c1-3-25-19(24)13(10-22)9-17(23)15-5-4-12(8-16(15)20)14-6-7-18(21)26-11(14)2/h4-8,10,13,22-23H,3,9H2,1-2H3,(H2,24,25). The molecule has 0 radical (unpaired) electrons. The second-order valence-electron chi connectivity index (χ2n) is 5.82. The highest BCUT2D eigenvalue weighted by Gasteiger charge is 2.17. The maximum absolute atomic E-state index is 13.2. The minimum atomic E-state index is -0.528. The fourth-order valence-electron chi connectivity index (χ4n) is 2.64. The van der Waals surface area contributed by atoms with Crippen molar-refractivity contribution >= 4 is 29.4 Å². The van der Waals surface area contributed by atoms with Gasteiger partial charge in [-0.3, -0.25) is 4.99 Å². The van der Waals surface area contributed by atoms with Crippen LogP contribution < -0.4 is 5.73 Å². The van der Waals surface area contributed by atoms with Crippen LogP contribution in [0.4, 0.5) is 4.39 Å². The van der Waals surface area contributed by atoms with Crippen molar-refractivity contribution in [2.24, 2.45) is 16.6 Å². The monoisotopic (exact) mass is 373 g/mol. The van der Waals surface area contributed by atoms with Crippen LogP contribution in [0.2, 0.25) is 5.02 Å². The quantitative estimate of drug-likeness (QED) is 0.384. The highest BCUT2D eigenvalue weighted by Crippen LogP contribution is 2.28. The van der Waals surface area contributed by atoms with Crippen LogP contribution in [0, 0.1) is 29.6 Å². The van der Waals surface area contributed by atoms with Gasteiger partial charge in [0.15, 0.2) is 0 Å². The average Bonchev–Trinajstić information content (AvgIpc) is 2.59. The molecule has 1 aromatic carbocycles. The molecule has 136 valence electrons. The number of aromatic nitrogens is 1. The van der Waals surface area contributed by atoms with Gasteiger partial charge in [-0.25, -0.2) is 4.98 Å². The summed E-state index contributed by atoms with van der Waals surface area (Å²) in [5.74, 6) is -0.616. The summed E-state index contributed by atoms with van der Waals surface area (Å²) in [6.45, 7) is 4.12. The molecule has 4 N–H and O–H groups in total. The summed E-state index contributed by atoms with van der Waals surface area (Å²) in [7, 11) is 0. The Bertz CT molecular complexity index is 863. The van der Waals surface area contributed by atoms with E-state index in [0.717, 1.165) is 11.1 Å². The van der Waals surface area contributed by atoms with E-state index in [0.29, 0.717) is 28.7 Å².